The van der Waals surface area contributed by atoms with Crippen LogP contribution in [0.3, 0.4) is 0 Å². The molecule has 0 saturated carbocycles. The molecule has 1 aliphatic heterocycles. The van der Waals surface area contributed by atoms with Crippen LogP contribution in [0.5, 0.6) is 5.75 Å². The van der Waals surface area contributed by atoms with E-state index in [0.717, 1.165) is 11.1 Å². The van der Waals surface area contributed by atoms with Gasteiger partial charge in [0.1, 0.15) is 5.75 Å². The van der Waals surface area contributed by atoms with Gasteiger partial charge in [-0.05, 0) is 44.0 Å². The number of benzene rings is 2. The standard InChI is InChI=1S/C23H28N2O6S/c1-17-8-7-9-18(2)22(17)30-16-21(26)31-19(3)23(27)24-12-14-25(15-13-24)32(28,29)20-10-5-4-6-11-20/h4-11,19H,12-16H2,1-3H3/t19-/m0/s1. The summed E-state index contributed by atoms with van der Waals surface area (Å²) in [4.78, 5) is 26.6. The van der Waals surface area contributed by atoms with Crippen molar-refractivity contribution in [1.29, 1.82) is 0 Å². The normalized spacial score (nSPS) is 15.8. The van der Waals surface area contributed by atoms with E-state index in [1.165, 1.54) is 16.1 Å². The highest BCUT2D eigenvalue weighted by molar-refractivity contribution is 7.89. The van der Waals surface area contributed by atoms with Crippen molar-refractivity contribution in [3.05, 3.63) is 59.7 Å². The Balaban J connectivity index is 1.50. The van der Waals surface area contributed by atoms with Gasteiger partial charge in [-0.15, -0.1) is 0 Å². The van der Waals surface area contributed by atoms with Crippen LogP contribution in [-0.4, -0.2) is 68.4 Å². The number of aryl methyl sites for hydroxylation is 2. The van der Waals surface area contributed by atoms with Gasteiger partial charge in [0.15, 0.2) is 12.7 Å². The Morgan fingerprint density at radius 2 is 1.53 bits per heavy atom. The first-order valence-corrected chi connectivity index (χ1v) is 11.9. The fourth-order valence-electron chi connectivity index (χ4n) is 3.59. The number of hydrogen-bond acceptors (Lipinski definition) is 6. The van der Waals surface area contributed by atoms with Gasteiger partial charge in [-0.25, -0.2) is 13.2 Å². The maximum Gasteiger partial charge on any atom is 0.344 e. The number of esters is 1. The number of carbonyl (C=O) groups is 2. The third kappa shape index (κ3) is 5.46. The molecule has 2 aromatic rings. The fraction of sp³-hybridized carbons (Fsp3) is 0.391. The van der Waals surface area contributed by atoms with Gasteiger partial charge < -0.3 is 14.4 Å². The Kier molecular flexibility index (Phi) is 7.52. The predicted octanol–water partition coefficient (Wildman–Crippen LogP) is 2.15. The second-order valence-electron chi connectivity index (χ2n) is 7.68. The Bertz CT molecular complexity index is 1040. The molecule has 3 rings (SSSR count). The Morgan fingerprint density at radius 3 is 2.12 bits per heavy atom. The smallest absolute Gasteiger partial charge is 0.344 e. The average Bonchev–Trinajstić information content (AvgIpc) is 2.79. The molecule has 9 heteroatoms. The summed E-state index contributed by atoms with van der Waals surface area (Å²) in [5, 5.41) is 0. The van der Waals surface area contributed by atoms with Crippen molar-refractivity contribution < 1.29 is 27.5 Å². The summed E-state index contributed by atoms with van der Waals surface area (Å²) in [6.45, 7) is 5.80. The Labute approximate surface area is 188 Å². The van der Waals surface area contributed by atoms with E-state index in [-0.39, 0.29) is 43.6 Å². The van der Waals surface area contributed by atoms with Gasteiger partial charge in [0.05, 0.1) is 4.90 Å². The fourth-order valence-corrected chi connectivity index (χ4v) is 5.03. The number of ether oxygens (including phenoxy) is 2. The second kappa shape index (κ2) is 10.1. The molecule has 1 amide bonds. The molecule has 2 aromatic carbocycles. The van der Waals surface area contributed by atoms with Gasteiger partial charge in [0, 0.05) is 26.2 Å². The lowest BCUT2D eigenvalue weighted by atomic mass is 10.1. The average molecular weight is 461 g/mol. The molecule has 0 radical (unpaired) electrons. The van der Waals surface area contributed by atoms with Crippen molar-refractivity contribution in [2.45, 2.75) is 31.8 Å². The van der Waals surface area contributed by atoms with E-state index in [9.17, 15) is 18.0 Å². The summed E-state index contributed by atoms with van der Waals surface area (Å²) >= 11 is 0. The summed E-state index contributed by atoms with van der Waals surface area (Å²) in [6.07, 6.45) is -0.985. The lowest BCUT2D eigenvalue weighted by Crippen LogP contribution is -2.53. The third-order valence-electron chi connectivity index (χ3n) is 5.33. The van der Waals surface area contributed by atoms with Crippen LogP contribution >= 0.6 is 0 Å². The number of para-hydroxylation sites is 1. The van der Waals surface area contributed by atoms with E-state index >= 15 is 0 Å². The minimum atomic E-state index is -3.60. The topological polar surface area (TPSA) is 93.2 Å². The summed E-state index contributed by atoms with van der Waals surface area (Å²) in [6, 6.07) is 13.9. The van der Waals surface area contributed by atoms with Crippen LogP contribution in [0, 0.1) is 13.8 Å². The van der Waals surface area contributed by atoms with Crippen LogP contribution in [-0.2, 0) is 24.3 Å². The molecule has 1 saturated heterocycles. The van der Waals surface area contributed by atoms with Gasteiger partial charge in [-0.1, -0.05) is 36.4 Å². The minimum absolute atomic E-state index is 0.180. The zero-order chi connectivity index (χ0) is 23.3. The quantitative estimate of drug-likeness (QED) is 0.588. The number of hydrogen-bond donors (Lipinski definition) is 0. The molecular weight excluding hydrogens is 432 g/mol. The van der Waals surface area contributed by atoms with E-state index in [0.29, 0.717) is 5.75 Å². The van der Waals surface area contributed by atoms with E-state index in [1.807, 2.05) is 32.0 Å². The highest BCUT2D eigenvalue weighted by Gasteiger charge is 2.32. The molecule has 1 aliphatic rings. The van der Waals surface area contributed by atoms with Crippen LogP contribution in [0.15, 0.2) is 53.4 Å². The molecular formula is C23H28N2O6S. The van der Waals surface area contributed by atoms with E-state index in [2.05, 4.69) is 0 Å². The van der Waals surface area contributed by atoms with Crippen LogP contribution < -0.4 is 4.74 Å². The molecule has 0 N–H and O–H groups in total. The van der Waals surface area contributed by atoms with Gasteiger partial charge in [-0.2, -0.15) is 4.31 Å². The first kappa shape index (κ1) is 23.7. The maximum atomic E-state index is 12.7. The monoisotopic (exact) mass is 460 g/mol. The van der Waals surface area contributed by atoms with Crippen LogP contribution in [0.2, 0.25) is 0 Å². The number of amides is 1. The maximum absolute atomic E-state index is 12.7. The zero-order valence-electron chi connectivity index (χ0n) is 18.5. The molecule has 32 heavy (non-hydrogen) atoms. The van der Waals surface area contributed by atoms with Crippen molar-refractivity contribution in [2.75, 3.05) is 32.8 Å². The van der Waals surface area contributed by atoms with Crippen molar-refractivity contribution in [3.63, 3.8) is 0 Å². The van der Waals surface area contributed by atoms with Crippen molar-refractivity contribution in [1.82, 2.24) is 9.21 Å². The Hall–Kier alpha value is -2.91. The highest BCUT2D eigenvalue weighted by Crippen LogP contribution is 2.22. The number of piperazine rings is 1. The molecule has 0 unspecified atom stereocenters. The molecule has 8 nitrogen and oxygen atoms in total. The van der Waals surface area contributed by atoms with Crippen molar-refractivity contribution >= 4 is 21.9 Å². The van der Waals surface area contributed by atoms with Crippen LogP contribution in [0.1, 0.15) is 18.1 Å². The van der Waals surface area contributed by atoms with Gasteiger partial charge in [0.2, 0.25) is 10.0 Å². The van der Waals surface area contributed by atoms with Crippen LogP contribution in [0.4, 0.5) is 0 Å². The number of sulfonamides is 1. The summed E-state index contributed by atoms with van der Waals surface area (Å²) in [7, 11) is -3.60. The molecule has 0 bridgehead atoms. The van der Waals surface area contributed by atoms with Crippen LogP contribution in [0.25, 0.3) is 0 Å². The molecule has 1 heterocycles. The minimum Gasteiger partial charge on any atom is -0.481 e. The third-order valence-corrected chi connectivity index (χ3v) is 7.24. The van der Waals surface area contributed by atoms with Gasteiger partial charge in [-0.3, -0.25) is 4.79 Å². The highest BCUT2D eigenvalue weighted by atomic mass is 32.2. The van der Waals surface area contributed by atoms with E-state index in [1.54, 1.807) is 30.3 Å². The predicted molar refractivity (Wildman–Crippen MR) is 119 cm³/mol. The van der Waals surface area contributed by atoms with Crippen molar-refractivity contribution in [2.24, 2.45) is 0 Å². The zero-order valence-corrected chi connectivity index (χ0v) is 19.3. The lowest BCUT2D eigenvalue weighted by molar-refractivity contribution is -0.161. The number of rotatable bonds is 7. The summed E-state index contributed by atoms with van der Waals surface area (Å²) in [5.74, 6) is -0.375. The molecule has 0 aromatic heterocycles. The molecule has 1 fully saturated rings. The SMILES string of the molecule is Cc1cccc(C)c1OCC(=O)O[C@@H](C)C(=O)N1CCN(S(=O)(=O)c2ccccc2)CC1. The second-order valence-corrected chi connectivity index (χ2v) is 9.62. The van der Waals surface area contributed by atoms with E-state index in [4.69, 9.17) is 9.47 Å². The number of carbonyl (C=O) groups excluding carboxylic acids is 2. The number of nitrogens with zero attached hydrogens (tertiary/aromatic N) is 2. The molecule has 1 atom stereocenters. The lowest BCUT2D eigenvalue weighted by Gasteiger charge is -2.35. The Morgan fingerprint density at radius 1 is 0.938 bits per heavy atom. The first-order chi connectivity index (χ1) is 15.2. The summed E-state index contributed by atoms with van der Waals surface area (Å²) in [5.41, 5.74) is 1.82. The molecule has 0 aliphatic carbocycles. The summed E-state index contributed by atoms with van der Waals surface area (Å²) < 4.78 is 37.6. The molecule has 172 valence electrons. The van der Waals surface area contributed by atoms with E-state index < -0.39 is 22.1 Å². The molecule has 0 spiro atoms. The first-order valence-electron chi connectivity index (χ1n) is 10.4. The van der Waals surface area contributed by atoms with Gasteiger partial charge in [0.25, 0.3) is 5.91 Å². The van der Waals surface area contributed by atoms with Gasteiger partial charge >= 0.3 is 5.97 Å². The van der Waals surface area contributed by atoms with Crippen molar-refractivity contribution in [3.8, 4) is 5.75 Å². The largest absolute Gasteiger partial charge is 0.481 e.